The summed E-state index contributed by atoms with van der Waals surface area (Å²) in [5.74, 6) is 1.84. The van der Waals surface area contributed by atoms with Crippen molar-refractivity contribution in [2.24, 2.45) is 0 Å². The summed E-state index contributed by atoms with van der Waals surface area (Å²) < 4.78 is 16.1. The molecule has 0 atom stereocenters. The third-order valence-corrected chi connectivity index (χ3v) is 3.18. The second kappa shape index (κ2) is 6.14. The Balaban J connectivity index is 2.67. The van der Waals surface area contributed by atoms with Crippen molar-refractivity contribution in [3.63, 3.8) is 0 Å². The standard InChI is InChI=1S/C16H16N2O3/c1-10-11(9-17)5-6-13(18-10)16-14(20-3)7-12(19-2)8-15(16)21-4/h5-8H,1-4H3. The number of pyridine rings is 1. The number of aromatic nitrogens is 1. The first kappa shape index (κ1) is 14.7. The van der Waals surface area contributed by atoms with Crippen LogP contribution in [0.3, 0.4) is 0 Å². The van der Waals surface area contributed by atoms with Crippen LogP contribution < -0.4 is 14.2 Å². The highest BCUT2D eigenvalue weighted by Gasteiger charge is 2.17. The Morgan fingerprint density at radius 2 is 1.62 bits per heavy atom. The smallest absolute Gasteiger partial charge is 0.135 e. The maximum absolute atomic E-state index is 8.99. The topological polar surface area (TPSA) is 64.4 Å². The first-order valence-electron chi connectivity index (χ1n) is 6.32. The molecule has 2 rings (SSSR count). The van der Waals surface area contributed by atoms with E-state index in [9.17, 15) is 0 Å². The molecule has 21 heavy (non-hydrogen) atoms. The maximum Gasteiger partial charge on any atom is 0.135 e. The molecule has 1 aromatic heterocycles. The van der Waals surface area contributed by atoms with Gasteiger partial charge in [-0.15, -0.1) is 0 Å². The van der Waals surface area contributed by atoms with Crippen LogP contribution in [-0.2, 0) is 0 Å². The predicted molar refractivity (Wildman–Crippen MR) is 78.8 cm³/mol. The van der Waals surface area contributed by atoms with E-state index in [1.165, 1.54) is 0 Å². The molecule has 108 valence electrons. The monoisotopic (exact) mass is 284 g/mol. The Hall–Kier alpha value is -2.74. The van der Waals surface area contributed by atoms with Crippen LogP contribution >= 0.6 is 0 Å². The lowest BCUT2D eigenvalue weighted by atomic mass is 10.1. The van der Waals surface area contributed by atoms with Crippen molar-refractivity contribution < 1.29 is 14.2 Å². The molecule has 0 saturated heterocycles. The molecule has 0 spiro atoms. The molecule has 0 aliphatic heterocycles. The van der Waals surface area contributed by atoms with E-state index in [4.69, 9.17) is 19.5 Å². The van der Waals surface area contributed by atoms with Gasteiger partial charge in [0.05, 0.1) is 43.8 Å². The number of nitrogens with zero attached hydrogens (tertiary/aromatic N) is 2. The first-order valence-corrected chi connectivity index (χ1v) is 6.32. The van der Waals surface area contributed by atoms with Gasteiger partial charge in [0.2, 0.25) is 0 Å². The highest BCUT2D eigenvalue weighted by Crippen LogP contribution is 2.41. The highest BCUT2D eigenvalue weighted by molar-refractivity contribution is 5.76. The minimum atomic E-state index is 0.546. The van der Waals surface area contributed by atoms with Crippen molar-refractivity contribution in [3.05, 3.63) is 35.5 Å². The quantitative estimate of drug-likeness (QED) is 0.863. The Kier molecular flexibility index (Phi) is 4.29. The van der Waals surface area contributed by atoms with Crippen molar-refractivity contribution in [1.29, 1.82) is 5.26 Å². The van der Waals surface area contributed by atoms with Gasteiger partial charge in [0.1, 0.15) is 23.3 Å². The summed E-state index contributed by atoms with van der Waals surface area (Å²) in [6.45, 7) is 1.80. The summed E-state index contributed by atoms with van der Waals surface area (Å²) in [4.78, 5) is 4.46. The predicted octanol–water partition coefficient (Wildman–Crippen LogP) is 2.95. The normalized spacial score (nSPS) is 9.86. The summed E-state index contributed by atoms with van der Waals surface area (Å²) >= 11 is 0. The van der Waals surface area contributed by atoms with Gasteiger partial charge in [0.25, 0.3) is 0 Å². The van der Waals surface area contributed by atoms with Crippen LogP contribution in [0.1, 0.15) is 11.3 Å². The molecule has 0 bridgehead atoms. The average Bonchev–Trinajstić information content (AvgIpc) is 2.53. The third kappa shape index (κ3) is 2.75. The number of ether oxygens (including phenoxy) is 3. The molecule has 0 radical (unpaired) electrons. The van der Waals surface area contributed by atoms with Crippen LogP contribution in [0.2, 0.25) is 0 Å². The van der Waals surface area contributed by atoms with Gasteiger partial charge in [0.15, 0.2) is 0 Å². The lowest BCUT2D eigenvalue weighted by Crippen LogP contribution is -1.98. The lowest BCUT2D eigenvalue weighted by Gasteiger charge is -2.15. The molecular weight excluding hydrogens is 268 g/mol. The molecule has 0 fully saturated rings. The van der Waals surface area contributed by atoms with E-state index >= 15 is 0 Å². The number of aryl methyl sites for hydroxylation is 1. The fraction of sp³-hybridized carbons (Fsp3) is 0.250. The summed E-state index contributed by atoms with van der Waals surface area (Å²) in [7, 11) is 4.74. The molecule has 1 heterocycles. The van der Waals surface area contributed by atoms with E-state index in [0.717, 1.165) is 5.56 Å². The summed E-state index contributed by atoms with van der Waals surface area (Å²) in [5, 5.41) is 8.99. The lowest BCUT2D eigenvalue weighted by molar-refractivity contribution is 0.377. The average molecular weight is 284 g/mol. The van der Waals surface area contributed by atoms with E-state index in [1.807, 2.05) is 0 Å². The van der Waals surface area contributed by atoms with Crippen molar-refractivity contribution in [3.8, 4) is 34.6 Å². The molecule has 1 aromatic carbocycles. The molecule has 5 heteroatoms. The van der Waals surface area contributed by atoms with E-state index < -0.39 is 0 Å². The largest absolute Gasteiger partial charge is 0.496 e. The van der Waals surface area contributed by atoms with Crippen molar-refractivity contribution in [2.75, 3.05) is 21.3 Å². The molecule has 5 nitrogen and oxygen atoms in total. The second-order valence-corrected chi connectivity index (χ2v) is 4.35. The maximum atomic E-state index is 8.99. The fourth-order valence-electron chi connectivity index (χ4n) is 2.08. The van der Waals surface area contributed by atoms with Gasteiger partial charge >= 0.3 is 0 Å². The molecule has 0 N–H and O–H groups in total. The van der Waals surface area contributed by atoms with Gasteiger partial charge in [-0.1, -0.05) is 0 Å². The van der Waals surface area contributed by atoms with Gasteiger partial charge in [-0.2, -0.15) is 5.26 Å². The number of rotatable bonds is 4. The third-order valence-electron chi connectivity index (χ3n) is 3.18. The molecule has 2 aromatic rings. The number of hydrogen-bond donors (Lipinski definition) is 0. The number of nitriles is 1. The highest BCUT2D eigenvalue weighted by atomic mass is 16.5. The van der Waals surface area contributed by atoms with Crippen LogP contribution in [0.25, 0.3) is 11.3 Å². The minimum absolute atomic E-state index is 0.546. The van der Waals surface area contributed by atoms with Crippen molar-refractivity contribution in [1.82, 2.24) is 4.98 Å². The van der Waals surface area contributed by atoms with Gasteiger partial charge in [-0.05, 0) is 19.1 Å². The van der Waals surface area contributed by atoms with Gasteiger partial charge in [0, 0.05) is 12.1 Å². The van der Waals surface area contributed by atoms with Crippen LogP contribution in [0, 0.1) is 18.3 Å². The van der Waals surface area contributed by atoms with Crippen LogP contribution in [-0.4, -0.2) is 26.3 Å². The molecule has 0 saturated carbocycles. The Labute approximate surface area is 123 Å². The van der Waals surface area contributed by atoms with E-state index in [2.05, 4.69) is 11.1 Å². The summed E-state index contributed by atoms with van der Waals surface area (Å²) in [6, 6.07) is 9.16. The van der Waals surface area contributed by atoms with Gasteiger partial charge < -0.3 is 14.2 Å². The summed E-state index contributed by atoms with van der Waals surface area (Å²) in [5.41, 5.74) is 2.62. The minimum Gasteiger partial charge on any atom is -0.496 e. The van der Waals surface area contributed by atoms with Crippen molar-refractivity contribution in [2.45, 2.75) is 6.92 Å². The van der Waals surface area contributed by atoms with E-state index in [-0.39, 0.29) is 0 Å². The first-order chi connectivity index (χ1) is 10.1. The van der Waals surface area contributed by atoms with Gasteiger partial charge in [-0.3, -0.25) is 4.98 Å². The Morgan fingerprint density at radius 1 is 1.00 bits per heavy atom. The molecule has 0 aliphatic rings. The SMILES string of the molecule is COc1cc(OC)c(-c2ccc(C#N)c(C)n2)c(OC)c1. The molecule has 0 amide bonds. The van der Waals surface area contributed by atoms with Crippen LogP contribution in [0.4, 0.5) is 0 Å². The fourth-order valence-corrected chi connectivity index (χ4v) is 2.08. The Bertz CT molecular complexity index is 680. The molecular formula is C16H16N2O3. The van der Waals surface area contributed by atoms with E-state index in [1.54, 1.807) is 52.5 Å². The van der Waals surface area contributed by atoms with Gasteiger partial charge in [-0.25, -0.2) is 0 Å². The number of benzene rings is 1. The van der Waals surface area contributed by atoms with Crippen molar-refractivity contribution >= 4 is 0 Å². The number of methoxy groups -OCH3 is 3. The summed E-state index contributed by atoms with van der Waals surface area (Å²) in [6.07, 6.45) is 0. The Morgan fingerprint density at radius 3 is 2.05 bits per heavy atom. The van der Waals surface area contributed by atoms with Crippen LogP contribution in [0.15, 0.2) is 24.3 Å². The van der Waals surface area contributed by atoms with Crippen LogP contribution in [0.5, 0.6) is 17.2 Å². The zero-order chi connectivity index (χ0) is 15.4. The zero-order valence-electron chi connectivity index (χ0n) is 12.4. The molecule has 0 aliphatic carbocycles. The van der Waals surface area contributed by atoms with E-state index in [0.29, 0.717) is 34.2 Å². The second-order valence-electron chi connectivity index (χ2n) is 4.35. The number of hydrogen-bond acceptors (Lipinski definition) is 5. The zero-order valence-corrected chi connectivity index (χ0v) is 12.4. The molecule has 0 unspecified atom stereocenters.